The van der Waals surface area contributed by atoms with E-state index < -0.39 is 0 Å². The summed E-state index contributed by atoms with van der Waals surface area (Å²) in [6.45, 7) is 0.181. The average molecular weight is 91.1 g/mol. The molecule has 0 unspecified atom stereocenters. The first kappa shape index (κ1) is 5.84. The molecule has 0 radical (unpaired) electrons. The maximum atomic E-state index is 9.44. The van der Waals surface area contributed by atoms with Crippen molar-refractivity contribution in [2.75, 3.05) is 13.1 Å². The molecule has 6 heavy (non-hydrogen) atoms. The third kappa shape index (κ3) is 3.84. The lowest BCUT2D eigenvalue weighted by Gasteiger charge is -2.16. The minimum absolute atomic E-state index is 0.0139. The summed E-state index contributed by atoms with van der Waals surface area (Å²) >= 11 is 0. The monoisotopic (exact) mass is 91.1 g/mol. The molecule has 4 nitrogen and oxygen atoms in total. The molecule has 0 aliphatic carbocycles. The smallest absolute Gasteiger partial charge is 0.0227 e. The van der Waals surface area contributed by atoms with E-state index in [0.717, 1.165) is 0 Å². The highest BCUT2D eigenvalue weighted by atomic mass is 16.8. The fourth-order valence-corrected chi connectivity index (χ4v) is 0.110. The molecular formula is C2H7N2O2-. The Morgan fingerprint density at radius 3 is 2.33 bits per heavy atom. The van der Waals surface area contributed by atoms with Gasteiger partial charge in [0.1, 0.15) is 0 Å². The Morgan fingerprint density at radius 1 is 1.83 bits per heavy atom. The van der Waals surface area contributed by atoms with E-state index in [1.165, 1.54) is 0 Å². The van der Waals surface area contributed by atoms with Gasteiger partial charge in [-0.2, -0.15) is 0 Å². The van der Waals surface area contributed by atoms with Gasteiger partial charge in [-0.3, -0.25) is 5.23 Å². The predicted octanol–water partition coefficient (Wildman–Crippen LogP) is -0.866. The molecule has 0 bridgehead atoms. The van der Waals surface area contributed by atoms with Crippen LogP contribution in [0.4, 0.5) is 0 Å². The maximum Gasteiger partial charge on any atom is 0.0227 e. The van der Waals surface area contributed by atoms with Crippen LogP contribution in [0.3, 0.4) is 0 Å². The summed E-state index contributed by atoms with van der Waals surface area (Å²) in [5, 5.41) is 17.0. The van der Waals surface area contributed by atoms with E-state index in [1.807, 2.05) is 0 Å². The van der Waals surface area contributed by atoms with Crippen LogP contribution in [0.1, 0.15) is 0 Å². The molecule has 3 N–H and O–H groups in total. The van der Waals surface area contributed by atoms with Crippen molar-refractivity contribution in [2.45, 2.75) is 0 Å². The Kier molecular flexibility index (Phi) is 2.97. The molecule has 0 saturated heterocycles. The van der Waals surface area contributed by atoms with Crippen LogP contribution in [0.2, 0.25) is 0 Å². The van der Waals surface area contributed by atoms with E-state index in [1.54, 1.807) is 0 Å². The van der Waals surface area contributed by atoms with E-state index in [4.69, 9.17) is 10.9 Å². The molecule has 0 amide bonds. The first-order valence-corrected chi connectivity index (χ1v) is 1.61. The van der Waals surface area contributed by atoms with Crippen molar-refractivity contribution in [3.8, 4) is 0 Å². The Balaban J connectivity index is 2.63. The Hall–Kier alpha value is -0.160. The zero-order chi connectivity index (χ0) is 4.99. The summed E-state index contributed by atoms with van der Waals surface area (Å²) in [5.74, 6) is 0. The summed E-state index contributed by atoms with van der Waals surface area (Å²) in [7, 11) is 0. The topological polar surface area (TPSA) is 72.5 Å². The second kappa shape index (κ2) is 3.05. The molecule has 0 rings (SSSR count). The molecule has 4 heteroatoms. The molecule has 0 aliphatic rings. The lowest BCUT2D eigenvalue weighted by molar-refractivity contribution is -0.0371. The lowest BCUT2D eigenvalue weighted by atomic mass is 10.7. The summed E-state index contributed by atoms with van der Waals surface area (Å²) in [5.41, 5.74) is 4.83. The van der Waals surface area contributed by atoms with E-state index in [-0.39, 0.29) is 18.3 Å². The summed E-state index contributed by atoms with van der Waals surface area (Å²) in [6.07, 6.45) is 0. The van der Waals surface area contributed by atoms with Gasteiger partial charge in [-0.1, -0.05) is 0 Å². The normalized spacial score (nSPS) is 10.0. The quantitative estimate of drug-likeness (QED) is 0.433. The fourth-order valence-electron chi connectivity index (χ4n) is 0.110. The molecule has 0 atom stereocenters. The molecule has 0 spiro atoms. The molecule has 0 aromatic rings. The van der Waals surface area contributed by atoms with Crippen LogP contribution < -0.4 is 5.73 Å². The Morgan fingerprint density at radius 2 is 2.33 bits per heavy atom. The van der Waals surface area contributed by atoms with Gasteiger partial charge in [0, 0.05) is 13.1 Å². The predicted molar refractivity (Wildman–Crippen MR) is 20.9 cm³/mol. The van der Waals surface area contributed by atoms with Crippen LogP contribution in [0, 0.1) is 5.21 Å². The van der Waals surface area contributed by atoms with Crippen LogP contribution >= 0.6 is 0 Å². The number of hydrogen-bond acceptors (Lipinski definition) is 4. The van der Waals surface area contributed by atoms with Gasteiger partial charge in [0.2, 0.25) is 0 Å². The van der Waals surface area contributed by atoms with Crippen LogP contribution in [0.25, 0.3) is 0 Å². The van der Waals surface area contributed by atoms with Gasteiger partial charge in [-0.05, 0) is 0 Å². The Labute approximate surface area is 35.7 Å². The van der Waals surface area contributed by atoms with Crippen molar-refractivity contribution in [1.29, 1.82) is 0 Å². The zero-order valence-corrected chi connectivity index (χ0v) is 3.29. The lowest BCUT2D eigenvalue weighted by Crippen LogP contribution is -2.19. The van der Waals surface area contributed by atoms with E-state index in [2.05, 4.69) is 0 Å². The minimum Gasteiger partial charge on any atom is -0.762 e. The van der Waals surface area contributed by atoms with Crippen molar-refractivity contribution in [3.05, 3.63) is 5.21 Å². The standard InChI is InChI=1S/C2H7N2O2/c3-1-2-4(5)6/h5H,1-3H2/q-1. The fraction of sp³-hybridized carbons (Fsp3) is 1.00. The first-order chi connectivity index (χ1) is 2.77. The van der Waals surface area contributed by atoms with Gasteiger partial charge < -0.3 is 16.1 Å². The first-order valence-electron chi connectivity index (χ1n) is 1.61. The molecule has 0 saturated carbocycles. The minimum atomic E-state index is -0.194. The third-order valence-corrected chi connectivity index (χ3v) is 0.320. The van der Waals surface area contributed by atoms with Crippen molar-refractivity contribution in [2.24, 2.45) is 5.73 Å². The second-order valence-corrected chi connectivity index (χ2v) is 0.864. The van der Waals surface area contributed by atoms with Gasteiger partial charge in [0.15, 0.2) is 0 Å². The van der Waals surface area contributed by atoms with Crippen molar-refractivity contribution < 1.29 is 5.21 Å². The molecule has 0 fully saturated rings. The largest absolute Gasteiger partial charge is 0.762 e. The van der Waals surface area contributed by atoms with E-state index in [9.17, 15) is 5.21 Å². The van der Waals surface area contributed by atoms with Crippen molar-refractivity contribution in [1.82, 2.24) is 5.23 Å². The third-order valence-electron chi connectivity index (χ3n) is 0.320. The highest BCUT2D eigenvalue weighted by Gasteiger charge is 1.73. The van der Waals surface area contributed by atoms with Crippen molar-refractivity contribution >= 4 is 0 Å². The summed E-state index contributed by atoms with van der Waals surface area (Å²) < 4.78 is 0. The van der Waals surface area contributed by atoms with E-state index >= 15 is 0 Å². The van der Waals surface area contributed by atoms with Gasteiger partial charge in [-0.15, -0.1) is 0 Å². The van der Waals surface area contributed by atoms with Crippen LogP contribution in [-0.4, -0.2) is 23.5 Å². The van der Waals surface area contributed by atoms with Gasteiger partial charge >= 0.3 is 0 Å². The molecular weight excluding hydrogens is 84.0 g/mol. The van der Waals surface area contributed by atoms with Gasteiger partial charge in [0.25, 0.3) is 0 Å². The number of nitrogens with two attached hydrogens (primary N) is 1. The highest BCUT2D eigenvalue weighted by Crippen LogP contribution is 1.66. The number of hydroxylamine groups is 2. The highest BCUT2D eigenvalue weighted by molar-refractivity contribution is 4.39. The van der Waals surface area contributed by atoms with Crippen LogP contribution in [0.15, 0.2) is 0 Å². The molecule has 0 heterocycles. The second-order valence-electron chi connectivity index (χ2n) is 0.864. The van der Waals surface area contributed by atoms with Gasteiger partial charge in [0.05, 0.1) is 0 Å². The number of rotatable bonds is 2. The van der Waals surface area contributed by atoms with E-state index in [0.29, 0.717) is 0 Å². The molecule has 0 aromatic carbocycles. The SMILES string of the molecule is NCCN([O-])O. The summed E-state index contributed by atoms with van der Waals surface area (Å²) in [4.78, 5) is 0. The maximum absolute atomic E-state index is 9.44. The van der Waals surface area contributed by atoms with Crippen LogP contribution in [0.5, 0.6) is 0 Å². The van der Waals surface area contributed by atoms with Gasteiger partial charge in [-0.25, -0.2) is 0 Å². The average Bonchev–Trinajstić information content (AvgIpc) is 1.35. The molecule has 0 aromatic heterocycles. The van der Waals surface area contributed by atoms with Crippen LogP contribution in [-0.2, 0) is 0 Å². The number of nitrogens with zero attached hydrogens (tertiary/aromatic N) is 1. The number of hydrogen-bond donors (Lipinski definition) is 2. The van der Waals surface area contributed by atoms with Crippen molar-refractivity contribution in [3.63, 3.8) is 0 Å². The zero-order valence-electron chi connectivity index (χ0n) is 3.29. The molecule has 38 valence electrons. The summed E-state index contributed by atoms with van der Waals surface area (Å²) in [6, 6.07) is 0. The molecule has 0 aliphatic heterocycles. The Bertz CT molecular complexity index is 30.7.